The molecule has 0 radical (unpaired) electrons. The summed E-state index contributed by atoms with van der Waals surface area (Å²) in [5.41, 5.74) is 0.104. The monoisotopic (exact) mass is 282 g/mol. The van der Waals surface area contributed by atoms with Gasteiger partial charge in [0.1, 0.15) is 11.6 Å². The highest BCUT2D eigenvalue weighted by molar-refractivity contribution is 9.10. The maximum absolute atomic E-state index is 13.4. The van der Waals surface area contributed by atoms with Crippen molar-refractivity contribution in [3.8, 4) is 0 Å². The van der Waals surface area contributed by atoms with E-state index in [0.29, 0.717) is 12.8 Å². The topological polar surface area (TPSA) is 0 Å². The summed E-state index contributed by atoms with van der Waals surface area (Å²) in [4.78, 5) is 0. The van der Waals surface area contributed by atoms with Gasteiger partial charge in [-0.3, -0.25) is 0 Å². The second-order valence-electron chi connectivity index (χ2n) is 3.14. The standard InChI is InChI=1S/C10H10BrClF2/c1-6(12)2-3-7-9(13)5-4-8(11)10(7)14/h4-6H,2-3H2,1H3. The second kappa shape index (κ2) is 5.08. The van der Waals surface area contributed by atoms with Crippen molar-refractivity contribution in [2.45, 2.75) is 25.1 Å². The third-order valence-corrected chi connectivity index (χ3v) is 2.76. The highest BCUT2D eigenvalue weighted by atomic mass is 79.9. The van der Waals surface area contributed by atoms with Crippen molar-refractivity contribution in [1.82, 2.24) is 0 Å². The Kier molecular flexibility index (Phi) is 4.32. The molecule has 0 fully saturated rings. The SMILES string of the molecule is CC(Cl)CCc1c(F)ccc(Br)c1F. The fourth-order valence-electron chi connectivity index (χ4n) is 1.14. The smallest absolute Gasteiger partial charge is 0.143 e. The minimum absolute atomic E-state index is 0.0761. The van der Waals surface area contributed by atoms with Gasteiger partial charge in [0, 0.05) is 10.9 Å². The largest absolute Gasteiger partial charge is 0.207 e. The van der Waals surface area contributed by atoms with Crippen LogP contribution in [0, 0.1) is 11.6 Å². The van der Waals surface area contributed by atoms with Gasteiger partial charge >= 0.3 is 0 Å². The van der Waals surface area contributed by atoms with Crippen LogP contribution in [0.3, 0.4) is 0 Å². The molecule has 1 unspecified atom stereocenters. The molecule has 0 N–H and O–H groups in total. The molecular formula is C10H10BrClF2. The molecule has 1 rings (SSSR count). The molecule has 0 bridgehead atoms. The van der Waals surface area contributed by atoms with E-state index in [1.54, 1.807) is 6.92 Å². The molecule has 0 amide bonds. The van der Waals surface area contributed by atoms with Crippen LogP contribution in [0.4, 0.5) is 8.78 Å². The van der Waals surface area contributed by atoms with Gasteiger partial charge in [0.15, 0.2) is 0 Å². The summed E-state index contributed by atoms with van der Waals surface area (Å²) in [6.45, 7) is 1.80. The summed E-state index contributed by atoms with van der Waals surface area (Å²) in [5.74, 6) is -1.04. The van der Waals surface area contributed by atoms with Crippen molar-refractivity contribution in [2.24, 2.45) is 0 Å². The molecule has 78 valence electrons. The average molecular weight is 284 g/mol. The van der Waals surface area contributed by atoms with Crippen LogP contribution >= 0.6 is 27.5 Å². The van der Waals surface area contributed by atoms with Crippen molar-refractivity contribution in [2.75, 3.05) is 0 Å². The molecule has 1 aromatic rings. The van der Waals surface area contributed by atoms with Gasteiger partial charge in [0.25, 0.3) is 0 Å². The Hall–Kier alpha value is -0.150. The van der Waals surface area contributed by atoms with Crippen LogP contribution in [-0.4, -0.2) is 5.38 Å². The van der Waals surface area contributed by atoms with Crippen LogP contribution in [0.2, 0.25) is 0 Å². The molecule has 0 saturated carbocycles. The molecule has 0 aliphatic heterocycles. The van der Waals surface area contributed by atoms with Crippen LogP contribution in [0.25, 0.3) is 0 Å². The number of halogens is 4. The Balaban J connectivity index is 2.89. The van der Waals surface area contributed by atoms with Gasteiger partial charge in [-0.2, -0.15) is 0 Å². The predicted molar refractivity (Wildman–Crippen MR) is 57.7 cm³/mol. The first-order valence-corrected chi connectivity index (χ1v) is 5.51. The average Bonchev–Trinajstić information content (AvgIpc) is 2.11. The number of alkyl halides is 1. The molecule has 0 aliphatic carbocycles. The Morgan fingerprint density at radius 3 is 2.64 bits per heavy atom. The first-order chi connectivity index (χ1) is 6.52. The highest BCUT2D eigenvalue weighted by Gasteiger charge is 2.12. The van der Waals surface area contributed by atoms with Crippen molar-refractivity contribution in [1.29, 1.82) is 0 Å². The fourth-order valence-corrected chi connectivity index (χ4v) is 1.62. The van der Waals surface area contributed by atoms with Crippen LogP contribution in [0.5, 0.6) is 0 Å². The normalized spacial score (nSPS) is 12.9. The van der Waals surface area contributed by atoms with E-state index in [4.69, 9.17) is 11.6 Å². The molecule has 0 saturated heterocycles. The molecule has 0 aliphatic rings. The van der Waals surface area contributed by atoms with E-state index in [2.05, 4.69) is 15.9 Å². The van der Waals surface area contributed by atoms with E-state index in [1.165, 1.54) is 12.1 Å². The molecule has 1 aromatic carbocycles. The molecule has 0 spiro atoms. The minimum Gasteiger partial charge on any atom is -0.207 e. The van der Waals surface area contributed by atoms with Crippen molar-refractivity contribution >= 4 is 27.5 Å². The van der Waals surface area contributed by atoms with E-state index >= 15 is 0 Å². The number of hydrogen-bond acceptors (Lipinski definition) is 0. The first kappa shape index (κ1) is 11.9. The Labute approximate surface area is 95.4 Å². The number of hydrogen-bond donors (Lipinski definition) is 0. The second-order valence-corrected chi connectivity index (χ2v) is 4.74. The Morgan fingerprint density at radius 1 is 1.43 bits per heavy atom. The van der Waals surface area contributed by atoms with Gasteiger partial charge < -0.3 is 0 Å². The van der Waals surface area contributed by atoms with E-state index < -0.39 is 11.6 Å². The van der Waals surface area contributed by atoms with E-state index in [9.17, 15) is 8.78 Å². The maximum atomic E-state index is 13.4. The first-order valence-electron chi connectivity index (χ1n) is 4.29. The van der Waals surface area contributed by atoms with E-state index in [1.807, 2.05) is 0 Å². The Bertz CT molecular complexity index is 326. The van der Waals surface area contributed by atoms with Crippen molar-refractivity contribution in [3.63, 3.8) is 0 Å². The quantitative estimate of drug-likeness (QED) is 0.573. The highest BCUT2D eigenvalue weighted by Crippen LogP contribution is 2.23. The van der Waals surface area contributed by atoms with Crippen LogP contribution in [0.1, 0.15) is 18.9 Å². The van der Waals surface area contributed by atoms with Crippen LogP contribution in [0.15, 0.2) is 16.6 Å². The lowest BCUT2D eigenvalue weighted by Crippen LogP contribution is -2.01. The molecule has 1 atom stereocenters. The van der Waals surface area contributed by atoms with Crippen LogP contribution < -0.4 is 0 Å². The zero-order chi connectivity index (χ0) is 10.7. The van der Waals surface area contributed by atoms with Gasteiger partial charge in [0.05, 0.1) is 4.47 Å². The van der Waals surface area contributed by atoms with Crippen LogP contribution in [-0.2, 0) is 6.42 Å². The van der Waals surface area contributed by atoms with Crippen molar-refractivity contribution in [3.05, 3.63) is 33.8 Å². The van der Waals surface area contributed by atoms with Gasteiger partial charge in [-0.05, 0) is 47.8 Å². The molecule has 14 heavy (non-hydrogen) atoms. The number of rotatable bonds is 3. The molecule has 0 aromatic heterocycles. The summed E-state index contributed by atoms with van der Waals surface area (Å²) < 4.78 is 26.8. The van der Waals surface area contributed by atoms with Gasteiger partial charge in [0.2, 0.25) is 0 Å². The number of benzene rings is 1. The molecule has 0 heterocycles. The maximum Gasteiger partial charge on any atom is 0.143 e. The van der Waals surface area contributed by atoms with Crippen molar-refractivity contribution < 1.29 is 8.78 Å². The van der Waals surface area contributed by atoms with Gasteiger partial charge in [-0.15, -0.1) is 11.6 Å². The zero-order valence-electron chi connectivity index (χ0n) is 7.66. The molecule has 4 heteroatoms. The lowest BCUT2D eigenvalue weighted by atomic mass is 10.1. The van der Waals surface area contributed by atoms with E-state index in [0.717, 1.165) is 0 Å². The van der Waals surface area contributed by atoms with Gasteiger partial charge in [-0.25, -0.2) is 8.78 Å². The lowest BCUT2D eigenvalue weighted by molar-refractivity contribution is 0.545. The summed E-state index contributed by atoms with van der Waals surface area (Å²) in [6.07, 6.45) is 0.883. The molecular weight excluding hydrogens is 273 g/mol. The predicted octanol–water partition coefficient (Wildman–Crippen LogP) is 4.29. The zero-order valence-corrected chi connectivity index (χ0v) is 10.0. The lowest BCUT2D eigenvalue weighted by Gasteiger charge is -2.07. The summed E-state index contributed by atoms with van der Waals surface area (Å²) >= 11 is 8.73. The molecule has 0 nitrogen and oxygen atoms in total. The third-order valence-electron chi connectivity index (χ3n) is 1.93. The fraction of sp³-hybridized carbons (Fsp3) is 0.400. The Morgan fingerprint density at radius 2 is 2.07 bits per heavy atom. The summed E-state index contributed by atoms with van der Waals surface area (Å²) in [7, 11) is 0. The summed E-state index contributed by atoms with van der Waals surface area (Å²) in [6, 6.07) is 2.61. The minimum atomic E-state index is -0.526. The summed E-state index contributed by atoms with van der Waals surface area (Å²) in [5, 5.41) is -0.0761. The van der Waals surface area contributed by atoms with Gasteiger partial charge in [-0.1, -0.05) is 0 Å². The van der Waals surface area contributed by atoms with E-state index in [-0.39, 0.29) is 15.4 Å². The third kappa shape index (κ3) is 2.92.